The van der Waals surface area contributed by atoms with Crippen LogP contribution < -0.4 is 16.6 Å². The van der Waals surface area contributed by atoms with Gasteiger partial charge in [-0.25, -0.2) is 9.79 Å². The Kier molecular flexibility index (Phi) is 9.78. The topological polar surface area (TPSA) is 116 Å². The van der Waals surface area contributed by atoms with Gasteiger partial charge in [0, 0.05) is 24.8 Å². The number of likely N-dealkylation sites (tertiary alicyclic amines) is 2. The van der Waals surface area contributed by atoms with Gasteiger partial charge >= 0.3 is 12.3 Å². The van der Waals surface area contributed by atoms with E-state index in [1.54, 1.807) is 17.2 Å². The van der Waals surface area contributed by atoms with Gasteiger partial charge in [0.1, 0.15) is 17.0 Å². The number of anilines is 1. The summed E-state index contributed by atoms with van der Waals surface area (Å²) in [5.74, 6) is 0.245. The number of alkyl halides is 3. The molecule has 4 rings (SSSR count). The van der Waals surface area contributed by atoms with Crippen LogP contribution in [0.1, 0.15) is 76.8 Å². The van der Waals surface area contributed by atoms with Crippen LogP contribution in [-0.2, 0) is 4.74 Å². The zero-order valence-corrected chi connectivity index (χ0v) is 25.4. The third kappa shape index (κ3) is 8.75. The van der Waals surface area contributed by atoms with E-state index in [0.717, 1.165) is 12.0 Å². The van der Waals surface area contributed by atoms with Crippen LogP contribution in [0.4, 0.5) is 29.3 Å². The van der Waals surface area contributed by atoms with Gasteiger partial charge in [-0.15, -0.1) is 0 Å². The molecule has 2 aromatic rings. The zero-order chi connectivity index (χ0) is 31.4. The molecule has 0 unspecified atom stereocenters. The van der Waals surface area contributed by atoms with E-state index in [2.05, 4.69) is 22.2 Å². The van der Waals surface area contributed by atoms with Crippen molar-refractivity contribution >= 4 is 23.3 Å². The van der Waals surface area contributed by atoms with Crippen LogP contribution in [0.15, 0.2) is 46.3 Å². The average molecular weight is 605 g/mol. The molecule has 2 fully saturated rings. The Bertz CT molecular complexity index is 1330. The molecule has 0 aliphatic carbocycles. The monoisotopic (exact) mass is 604 g/mol. The van der Waals surface area contributed by atoms with Crippen molar-refractivity contribution in [2.45, 2.75) is 83.0 Å². The van der Waals surface area contributed by atoms with Crippen molar-refractivity contribution in [3.63, 3.8) is 0 Å². The Morgan fingerprint density at radius 2 is 1.72 bits per heavy atom. The highest BCUT2D eigenvalue weighted by Crippen LogP contribution is 2.33. The highest BCUT2D eigenvalue weighted by molar-refractivity contribution is 6.03. The van der Waals surface area contributed by atoms with Crippen molar-refractivity contribution in [3.05, 3.63) is 58.0 Å². The van der Waals surface area contributed by atoms with Crippen molar-refractivity contribution in [1.82, 2.24) is 14.8 Å². The molecule has 2 saturated heterocycles. The number of piperidine rings is 2. The maximum atomic E-state index is 13.0. The second kappa shape index (κ2) is 13.0. The lowest BCUT2D eigenvalue weighted by Crippen LogP contribution is -2.51. The van der Waals surface area contributed by atoms with Gasteiger partial charge < -0.3 is 25.7 Å². The van der Waals surface area contributed by atoms with Crippen LogP contribution in [0.3, 0.4) is 0 Å². The largest absolute Gasteiger partial charge is 0.444 e. The number of carbonyl (C=O) groups is 1. The Hall–Kier alpha value is -3.54. The summed E-state index contributed by atoms with van der Waals surface area (Å²) in [4.78, 5) is 35.9. The molecule has 2 aliphatic rings. The van der Waals surface area contributed by atoms with E-state index < -0.39 is 18.3 Å². The van der Waals surface area contributed by atoms with Crippen molar-refractivity contribution in [2.24, 2.45) is 10.7 Å². The van der Waals surface area contributed by atoms with E-state index in [4.69, 9.17) is 10.5 Å². The summed E-state index contributed by atoms with van der Waals surface area (Å²) in [7, 11) is 0. The van der Waals surface area contributed by atoms with E-state index in [0.29, 0.717) is 63.2 Å². The number of aromatic amines is 1. The number of H-pyrrole nitrogens is 1. The van der Waals surface area contributed by atoms with Crippen LogP contribution >= 0.6 is 0 Å². The second-order valence-corrected chi connectivity index (χ2v) is 12.6. The number of aliphatic imine (C=N–C) groups is 1. The minimum atomic E-state index is -4.18. The number of nitrogens with one attached hydrogen (secondary N) is 2. The molecule has 0 radical (unpaired) electrons. The van der Waals surface area contributed by atoms with Gasteiger partial charge in [0.15, 0.2) is 0 Å². The lowest BCUT2D eigenvalue weighted by Gasteiger charge is -2.43. The average Bonchev–Trinajstić information content (AvgIpc) is 2.92. The minimum Gasteiger partial charge on any atom is -0.444 e. The van der Waals surface area contributed by atoms with Gasteiger partial charge in [-0.05, 0) is 95.6 Å². The fourth-order valence-electron chi connectivity index (χ4n) is 5.83. The first-order valence-electron chi connectivity index (χ1n) is 14.9. The fourth-order valence-corrected chi connectivity index (χ4v) is 5.83. The Labute approximate surface area is 250 Å². The Morgan fingerprint density at radius 3 is 2.28 bits per heavy atom. The molecule has 1 amide bonds. The number of hydrogen-bond donors (Lipinski definition) is 3. The molecule has 0 spiro atoms. The van der Waals surface area contributed by atoms with Crippen LogP contribution in [0.5, 0.6) is 0 Å². The van der Waals surface area contributed by atoms with Crippen LogP contribution in [0.25, 0.3) is 0 Å². The number of pyridine rings is 1. The van der Waals surface area contributed by atoms with Gasteiger partial charge in [-0.3, -0.25) is 9.69 Å². The smallest absolute Gasteiger partial charge is 0.410 e. The molecule has 0 bridgehead atoms. The number of rotatable bonds is 7. The van der Waals surface area contributed by atoms with Crippen molar-refractivity contribution in [2.75, 3.05) is 38.0 Å². The summed E-state index contributed by atoms with van der Waals surface area (Å²) in [6, 6.07) is 9.25. The number of amidine groups is 1. The van der Waals surface area contributed by atoms with Crippen LogP contribution in [0, 0.1) is 0 Å². The predicted molar refractivity (Wildman–Crippen MR) is 162 cm³/mol. The summed E-state index contributed by atoms with van der Waals surface area (Å²) < 4.78 is 43.7. The Balaban J connectivity index is 1.44. The molecule has 2 aliphatic heterocycles. The summed E-state index contributed by atoms with van der Waals surface area (Å²) in [6.45, 7) is 8.58. The number of halogens is 3. The van der Waals surface area contributed by atoms with Gasteiger partial charge in [-0.1, -0.05) is 19.1 Å². The molecule has 236 valence electrons. The quantitative estimate of drug-likeness (QED) is 0.274. The highest BCUT2D eigenvalue weighted by Gasteiger charge is 2.37. The number of amides is 1. The van der Waals surface area contributed by atoms with Gasteiger partial charge in [0.2, 0.25) is 0 Å². The van der Waals surface area contributed by atoms with E-state index in [1.165, 1.54) is 4.90 Å². The lowest BCUT2D eigenvalue weighted by atomic mass is 9.84. The lowest BCUT2D eigenvalue weighted by molar-refractivity contribution is -0.147. The molecular formula is C31H43F3N6O3. The first-order valence-corrected chi connectivity index (χ1v) is 14.9. The number of nitrogens with zero attached hydrogens (tertiary/aromatic N) is 3. The van der Waals surface area contributed by atoms with E-state index in [1.807, 2.05) is 45.0 Å². The van der Waals surface area contributed by atoms with Crippen molar-refractivity contribution in [1.29, 1.82) is 0 Å². The summed E-state index contributed by atoms with van der Waals surface area (Å²) in [6.07, 6.45) is 0.478. The molecule has 1 aromatic heterocycles. The standard InChI is InChI=1S/C31H43F3N6O3/c1-5-30(13-18-40(19-14-30)28(42)43-29(2,3)4)38-24-10-15-36-27(41)25(24)26(35)37-23-8-6-21(7-9-23)22-11-16-39(17-12-22)20-31(32,33)34/h6-10,15,22H,5,11-14,16-20H2,1-4H3,(H2,35,37)(H2,36,38,41). The number of ether oxygens (including phenoxy) is 1. The number of aromatic nitrogens is 1. The first kappa shape index (κ1) is 32.4. The maximum absolute atomic E-state index is 13.0. The summed E-state index contributed by atoms with van der Waals surface area (Å²) in [5.41, 5.74) is 7.55. The van der Waals surface area contributed by atoms with E-state index in [9.17, 15) is 22.8 Å². The third-order valence-electron chi connectivity index (χ3n) is 8.27. The van der Waals surface area contributed by atoms with E-state index in [-0.39, 0.29) is 34.5 Å². The maximum Gasteiger partial charge on any atom is 0.410 e. The molecule has 1 aromatic carbocycles. The summed E-state index contributed by atoms with van der Waals surface area (Å²) in [5, 5.41) is 3.56. The van der Waals surface area contributed by atoms with Gasteiger partial charge in [0.05, 0.1) is 17.9 Å². The highest BCUT2D eigenvalue weighted by atomic mass is 19.4. The molecule has 0 saturated carbocycles. The van der Waals surface area contributed by atoms with Crippen LogP contribution in [0.2, 0.25) is 0 Å². The predicted octanol–water partition coefficient (Wildman–Crippen LogP) is 5.75. The van der Waals surface area contributed by atoms with E-state index >= 15 is 0 Å². The summed E-state index contributed by atoms with van der Waals surface area (Å²) >= 11 is 0. The molecule has 0 atom stereocenters. The van der Waals surface area contributed by atoms with Gasteiger partial charge in [-0.2, -0.15) is 13.2 Å². The second-order valence-electron chi connectivity index (χ2n) is 12.6. The SMILES string of the molecule is CCC1(Nc2cc[nH]c(=O)c2C(N)=Nc2ccc(C3CCN(CC(F)(F)F)CC3)cc2)CCN(C(=O)OC(C)(C)C)CC1. The molecule has 9 nitrogen and oxygen atoms in total. The fraction of sp³-hybridized carbons (Fsp3) is 0.581. The first-order chi connectivity index (χ1) is 20.2. The van der Waals surface area contributed by atoms with Crippen molar-refractivity contribution in [3.8, 4) is 0 Å². The number of benzene rings is 1. The Morgan fingerprint density at radius 1 is 1.09 bits per heavy atom. The molecule has 3 heterocycles. The molecular weight excluding hydrogens is 561 g/mol. The normalized spacial score (nSPS) is 18.9. The number of hydrogen-bond acceptors (Lipinski definition) is 6. The molecule has 4 N–H and O–H groups in total. The minimum absolute atomic E-state index is 0.0648. The number of nitrogens with two attached hydrogens (primary N) is 1. The third-order valence-corrected chi connectivity index (χ3v) is 8.27. The zero-order valence-electron chi connectivity index (χ0n) is 25.4. The molecule has 12 heteroatoms. The van der Waals surface area contributed by atoms with Crippen LogP contribution in [-0.4, -0.2) is 76.8 Å². The van der Waals surface area contributed by atoms with Crippen molar-refractivity contribution < 1.29 is 22.7 Å². The van der Waals surface area contributed by atoms with Gasteiger partial charge in [0.25, 0.3) is 5.56 Å². The molecule has 43 heavy (non-hydrogen) atoms. The number of carbonyl (C=O) groups excluding carboxylic acids is 1.